The number of nitrogens with one attached hydrogen (secondary N) is 3. The average Bonchev–Trinajstić information content (AvgIpc) is 2.51. The lowest BCUT2D eigenvalue weighted by molar-refractivity contribution is -0.135. The van der Waals surface area contributed by atoms with Crippen LogP contribution in [-0.2, 0) is 9.59 Å². The van der Waals surface area contributed by atoms with E-state index in [1.54, 1.807) is 7.05 Å². The Hall–Kier alpha value is -2.24. The van der Waals surface area contributed by atoms with Gasteiger partial charge in [-0.3, -0.25) is 9.59 Å². The number of carbonyl (C=O) groups is 2. The fourth-order valence-corrected chi connectivity index (χ4v) is 2.24. The van der Waals surface area contributed by atoms with Crippen molar-refractivity contribution in [1.29, 1.82) is 0 Å². The van der Waals surface area contributed by atoms with E-state index in [9.17, 15) is 9.59 Å². The maximum Gasteiger partial charge on any atom is 0.247 e. The van der Waals surface area contributed by atoms with Gasteiger partial charge in [-0.2, -0.15) is 0 Å². The SMILES string of the molecule is CCCNC(=O)CN(C)C(=O)C1CNc2ccccc2N1. The van der Waals surface area contributed by atoms with Crippen molar-refractivity contribution < 1.29 is 9.59 Å². The zero-order valence-electron chi connectivity index (χ0n) is 12.5. The molecule has 6 nitrogen and oxygen atoms in total. The van der Waals surface area contributed by atoms with Gasteiger partial charge in [-0.05, 0) is 18.6 Å². The van der Waals surface area contributed by atoms with Gasteiger partial charge in [0.1, 0.15) is 6.04 Å². The fraction of sp³-hybridized carbons (Fsp3) is 0.467. The van der Waals surface area contributed by atoms with Crippen molar-refractivity contribution in [3.8, 4) is 0 Å². The Kier molecular flexibility index (Phi) is 5.03. The van der Waals surface area contributed by atoms with Gasteiger partial charge in [0.15, 0.2) is 0 Å². The number of amides is 2. The minimum atomic E-state index is -0.358. The maximum atomic E-state index is 12.4. The van der Waals surface area contributed by atoms with Gasteiger partial charge in [0, 0.05) is 20.1 Å². The molecule has 0 radical (unpaired) electrons. The van der Waals surface area contributed by atoms with Crippen LogP contribution in [-0.4, -0.2) is 49.4 Å². The van der Waals surface area contributed by atoms with Crippen molar-refractivity contribution in [2.45, 2.75) is 19.4 Å². The third-order valence-corrected chi connectivity index (χ3v) is 3.38. The Balaban J connectivity index is 1.90. The molecule has 1 atom stereocenters. The van der Waals surface area contributed by atoms with Gasteiger partial charge in [0.2, 0.25) is 11.8 Å². The highest BCUT2D eigenvalue weighted by Crippen LogP contribution is 2.25. The molecular formula is C15H22N4O2. The molecule has 1 unspecified atom stereocenters. The summed E-state index contributed by atoms with van der Waals surface area (Å²) >= 11 is 0. The molecule has 2 rings (SSSR count). The van der Waals surface area contributed by atoms with Crippen molar-refractivity contribution in [2.24, 2.45) is 0 Å². The average molecular weight is 290 g/mol. The molecule has 1 heterocycles. The molecule has 0 saturated carbocycles. The van der Waals surface area contributed by atoms with Gasteiger partial charge in [0.05, 0.1) is 17.9 Å². The number of carbonyl (C=O) groups excluding carboxylic acids is 2. The largest absolute Gasteiger partial charge is 0.381 e. The van der Waals surface area contributed by atoms with Crippen LogP contribution < -0.4 is 16.0 Å². The van der Waals surface area contributed by atoms with Gasteiger partial charge >= 0.3 is 0 Å². The van der Waals surface area contributed by atoms with E-state index in [1.807, 2.05) is 31.2 Å². The second-order valence-corrected chi connectivity index (χ2v) is 5.17. The standard InChI is InChI=1S/C15H22N4O2/c1-3-8-16-14(20)10-19(2)15(21)13-9-17-11-6-4-5-7-12(11)18-13/h4-7,13,17-18H,3,8-10H2,1-2H3,(H,16,20). The third-order valence-electron chi connectivity index (χ3n) is 3.38. The van der Waals surface area contributed by atoms with Crippen molar-refractivity contribution in [2.75, 3.05) is 37.3 Å². The first-order valence-electron chi connectivity index (χ1n) is 7.23. The second-order valence-electron chi connectivity index (χ2n) is 5.17. The highest BCUT2D eigenvalue weighted by Gasteiger charge is 2.26. The van der Waals surface area contributed by atoms with Crippen LogP contribution in [0.4, 0.5) is 11.4 Å². The number of nitrogens with zero attached hydrogens (tertiary/aromatic N) is 1. The number of hydrogen-bond donors (Lipinski definition) is 3. The van der Waals surface area contributed by atoms with Crippen LogP contribution in [0.15, 0.2) is 24.3 Å². The van der Waals surface area contributed by atoms with E-state index in [4.69, 9.17) is 0 Å². The summed E-state index contributed by atoms with van der Waals surface area (Å²) in [4.78, 5) is 25.5. The van der Waals surface area contributed by atoms with Crippen LogP contribution in [0.5, 0.6) is 0 Å². The van der Waals surface area contributed by atoms with Crippen molar-refractivity contribution >= 4 is 23.2 Å². The fourth-order valence-electron chi connectivity index (χ4n) is 2.24. The van der Waals surface area contributed by atoms with E-state index in [2.05, 4.69) is 16.0 Å². The Bertz CT molecular complexity index is 518. The van der Waals surface area contributed by atoms with Crippen LogP contribution in [0, 0.1) is 0 Å². The molecule has 2 amide bonds. The lowest BCUT2D eigenvalue weighted by Crippen LogP contribution is -2.49. The van der Waals surface area contributed by atoms with Crippen molar-refractivity contribution in [3.63, 3.8) is 0 Å². The number of hydrogen-bond acceptors (Lipinski definition) is 4. The molecule has 114 valence electrons. The molecule has 0 aliphatic carbocycles. The molecule has 0 saturated heterocycles. The number of anilines is 2. The van der Waals surface area contributed by atoms with Gasteiger partial charge in [-0.1, -0.05) is 19.1 Å². The van der Waals surface area contributed by atoms with E-state index in [0.717, 1.165) is 17.8 Å². The van der Waals surface area contributed by atoms with Gasteiger partial charge in [0.25, 0.3) is 0 Å². The van der Waals surface area contributed by atoms with E-state index < -0.39 is 0 Å². The van der Waals surface area contributed by atoms with Crippen molar-refractivity contribution in [1.82, 2.24) is 10.2 Å². The summed E-state index contributed by atoms with van der Waals surface area (Å²) in [5.74, 6) is -0.222. The normalized spacial score (nSPS) is 16.2. The molecule has 0 bridgehead atoms. The van der Waals surface area contributed by atoms with Crippen LogP contribution in [0.1, 0.15) is 13.3 Å². The summed E-state index contributed by atoms with van der Waals surface area (Å²) < 4.78 is 0. The molecule has 6 heteroatoms. The predicted molar refractivity (Wildman–Crippen MR) is 83.3 cm³/mol. The minimum absolute atomic E-state index is 0.0820. The Morgan fingerprint density at radius 3 is 2.76 bits per heavy atom. The van der Waals surface area contributed by atoms with Gasteiger partial charge in [-0.15, -0.1) is 0 Å². The lowest BCUT2D eigenvalue weighted by Gasteiger charge is -2.30. The zero-order chi connectivity index (χ0) is 15.2. The lowest BCUT2D eigenvalue weighted by atomic mass is 10.1. The molecule has 0 aromatic heterocycles. The van der Waals surface area contributed by atoms with Crippen LogP contribution in [0.3, 0.4) is 0 Å². The third kappa shape index (κ3) is 3.87. The Morgan fingerprint density at radius 2 is 2.05 bits per heavy atom. The first kappa shape index (κ1) is 15.2. The summed E-state index contributed by atoms with van der Waals surface area (Å²) in [6.07, 6.45) is 0.883. The smallest absolute Gasteiger partial charge is 0.247 e. The number of rotatable bonds is 5. The number of likely N-dealkylation sites (N-methyl/N-ethyl adjacent to an activating group) is 1. The molecule has 0 spiro atoms. The van der Waals surface area contributed by atoms with Gasteiger partial charge in [-0.25, -0.2) is 0 Å². The second kappa shape index (κ2) is 6.97. The maximum absolute atomic E-state index is 12.4. The molecule has 1 aliphatic rings. The number of fused-ring (bicyclic) bond motifs is 1. The molecule has 1 aliphatic heterocycles. The van der Waals surface area contributed by atoms with E-state index in [-0.39, 0.29) is 24.4 Å². The first-order chi connectivity index (χ1) is 10.1. The first-order valence-corrected chi connectivity index (χ1v) is 7.23. The summed E-state index contributed by atoms with van der Waals surface area (Å²) in [6.45, 7) is 3.22. The summed E-state index contributed by atoms with van der Waals surface area (Å²) in [5, 5.41) is 9.20. The Morgan fingerprint density at radius 1 is 1.33 bits per heavy atom. The summed E-state index contributed by atoms with van der Waals surface area (Å²) in [5.41, 5.74) is 1.90. The van der Waals surface area contributed by atoms with Crippen LogP contribution in [0.25, 0.3) is 0 Å². The molecule has 0 fully saturated rings. The summed E-state index contributed by atoms with van der Waals surface area (Å²) in [6, 6.07) is 7.40. The van der Waals surface area contributed by atoms with E-state index in [1.165, 1.54) is 4.90 Å². The van der Waals surface area contributed by atoms with Crippen LogP contribution in [0.2, 0.25) is 0 Å². The summed E-state index contributed by atoms with van der Waals surface area (Å²) in [7, 11) is 1.65. The monoisotopic (exact) mass is 290 g/mol. The van der Waals surface area contributed by atoms with Crippen molar-refractivity contribution in [3.05, 3.63) is 24.3 Å². The molecule has 1 aromatic carbocycles. The predicted octanol–water partition coefficient (Wildman–Crippen LogP) is 0.877. The van der Waals surface area contributed by atoms with Crippen LogP contribution >= 0.6 is 0 Å². The molecule has 3 N–H and O–H groups in total. The number of benzene rings is 1. The zero-order valence-corrected chi connectivity index (χ0v) is 12.5. The van der Waals surface area contributed by atoms with E-state index >= 15 is 0 Å². The quantitative estimate of drug-likeness (QED) is 0.752. The highest BCUT2D eigenvalue weighted by atomic mass is 16.2. The van der Waals surface area contributed by atoms with E-state index in [0.29, 0.717) is 13.1 Å². The number of para-hydroxylation sites is 2. The minimum Gasteiger partial charge on any atom is -0.381 e. The Labute approximate surface area is 124 Å². The van der Waals surface area contributed by atoms with Gasteiger partial charge < -0.3 is 20.9 Å². The molecular weight excluding hydrogens is 268 g/mol. The molecule has 21 heavy (non-hydrogen) atoms. The molecule has 1 aromatic rings. The highest BCUT2D eigenvalue weighted by molar-refractivity contribution is 5.91. The topological polar surface area (TPSA) is 73.5 Å².